The number of hydrogen-bond acceptors (Lipinski definition) is 18. The molecule has 0 heterocycles. The Morgan fingerprint density at radius 3 is 1.16 bits per heavy atom. The number of aliphatic hydroxyl groups is 11. The van der Waals surface area contributed by atoms with Crippen LogP contribution < -0.4 is 31.1 Å². The van der Waals surface area contributed by atoms with Crippen LogP contribution in [0.1, 0.15) is 43.1 Å². The van der Waals surface area contributed by atoms with Crippen LogP contribution >= 0.6 is 136 Å². The number of halogens is 6. The molecular weight excluding hydrogens is 1580 g/mol. The summed E-state index contributed by atoms with van der Waals surface area (Å²) in [6, 6.07) is -4.23. The van der Waals surface area contributed by atoms with Gasteiger partial charge in [-0.2, -0.15) is 0 Å². The summed E-state index contributed by atoms with van der Waals surface area (Å²) < 4.78 is 5.64. The van der Waals surface area contributed by atoms with Crippen LogP contribution in [0.4, 0.5) is 11.4 Å². The molecule has 30 heteroatoms. The Morgan fingerprint density at radius 2 is 0.881 bits per heavy atom. The van der Waals surface area contributed by atoms with Gasteiger partial charge in [-0.15, -0.1) is 0 Å². The molecule has 2 rings (SSSR count). The molecule has 6 amide bonds. The van der Waals surface area contributed by atoms with Gasteiger partial charge in [0.2, 0.25) is 18.2 Å². The molecule has 0 aliphatic rings. The monoisotopic (exact) mass is 1630 g/mol. The molecular formula is C37H48I6N6O18. The second-order valence-corrected chi connectivity index (χ2v) is 20.6. The van der Waals surface area contributed by atoms with Crippen LogP contribution in [0.3, 0.4) is 0 Å². The number of carbonyl (C=O) groups is 6. The van der Waals surface area contributed by atoms with Crippen molar-refractivity contribution < 1.29 is 89.7 Å². The van der Waals surface area contributed by atoms with E-state index in [1.165, 1.54) is 14.1 Å². The highest BCUT2D eigenvalue weighted by Gasteiger charge is 2.46. The first kappa shape index (κ1) is 62.3. The zero-order valence-electron chi connectivity index (χ0n) is 35.2. The zero-order valence-corrected chi connectivity index (χ0v) is 48.2. The van der Waals surface area contributed by atoms with E-state index in [2.05, 4.69) is 21.3 Å². The highest BCUT2D eigenvalue weighted by atomic mass is 127. The first-order valence-electron chi connectivity index (χ1n) is 19.0. The number of rotatable bonds is 25. The van der Waals surface area contributed by atoms with Crippen molar-refractivity contribution in [2.24, 2.45) is 0 Å². The van der Waals surface area contributed by atoms with E-state index in [4.69, 9.17) is 4.74 Å². The molecule has 8 atom stereocenters. The molecule has 2 aromatic carbocycles. The fourth-order valence-electron chi connectivity index (χ4n) is 6.17. The Kier molecular flexibility index (Phi) is 26.4. The van der Waals surface area contributed by atoms with Crippen LogP contribution in [0.2, 0.25) is 0 Å². The largest absolute Gasteiger partial charge is 0.394 e. The lowest BCUT2D eigenvalue weighted by atomic mass is 9.93. The van der Waals surface area contributed by atoms with Crippen LogP contribution in [0.15, 0.2) is 0 Å². The van der Waals surface area contributed by atoms with Gasteiger partial charge in [-0.1, -0.05) is 0 Å². The van der Waals surface area contributed by atoms with Gasteiger partial charge < -0.3 is 92.0 Å². The third-order valence-electron chi connectivity index (χ3n) is 10.1. The zero-order chi connectivity index (χ0) is 51.4. The molecule has 24 nitrogen and oxygen atoms in total. The number of nitrogens with zero attached hydrogens (tertiary/aromatic N) is 2. The first-order chi connectivity index (χ1) is 31.4. The van der Waals surface area contributed by atoms with Gasteiger partial charge in [-0.05, 0) is 136 Å². The topological polar surface area (TPSA) is 389 Å². The molecule has 0 aromatic heterocycles. The lowest BCUT2D eigenvalue weighted by molar-refractivity contribution is -0.154. The Labute approximate surface area is 464 Å². The molecule has 67 heavy (non-hydrogen) atoms. The minimum Gasteiger partial charge on any atom is -0.394 e. The van der Waals surface area contributed by atoms with Crippen molar-refractivity contribution >= 4 is 183 Å². The van der Waals surface area contributed by atoms with Gasteiger partial charge in [0.25, 0.3) is 17.7 Å². The summed E-state index contributed by atoms with van der Waals surface area (Å²) in [5.74, 6) is -4.88. The predicted octanol–water partition coefficient (Wildman–Crippen LogP) is -3.44. The number of hydrogen-bond donors (Lipinski definition) is 15. The average molecular weight is 1630 g/mol. The SMILES string of the molecule is COC(NC=O)(c1c(I)c(C(=O)NC(CO)C(O)CO)c(I)c(N(C)C(=O)CC(=O)N(C)c2c(I)c(C(=O)NC(CO)C(O)CO)c(I)c(C(=O)NC(CO)C(O)CO)c2I)c1I)C(O)CO. The molecule has 0 fully saturated rings. The third-order valence-corrected chi connectivity index (χ3v) is 16.5. The molecule has 8 unspecified atom stereocenters. The Bertz CT molecular complexity index is 2090. The van der Waals surface area contributed by atoms with Gasteiger partial charge in [-0.3, -0.25) is 28.8 Å². The first-order valence-corrected chi connectivity index (χ1v) is 25.5. The molecule has 376 valence electrons. The van der Waals surface area contributed by atoms with E-state index in [9.17, 15) is 84.9 Å². The molecule has 15 N–H and O–H groups in total. The van der Waals surface area contributed by atoms with Gasteiger partial charge in [0, 0.05) is 37.5 Å². The maximum atomic E-state index is 14.3. The van der Waals surface area contributed by atoms with Crippen LogP contribution in [-0.4, -0.2) is 202 Å². The highest BCUT2D eigenvalue weighted by Crippen LogP contribution is 2.44. The summed E-state index contributed by atoms with van der Waals surface area (Å²) in [4.78, 5) is 84.4. The molecule has 0 saturated heterocycles. The number of benzene rings is 2. The van der Waals surface area contributed by atoms with E-state index < -0.39 is 130 Å². The molecule has 2 aromatic rings. The van der Waals surface area contributed by atoms with Crippen molar-refractivity contribution in [3.63, 3.8) is 0 Å². The smallest absolute Gasteiger partial charge is 0.253 e. The van der Waals surface area contributed by atoms with Crippen molar-refractivity contribution in [2.75, 3.05) is 77.3 Å². The number of aliphatic hydroxyl groups excluding tert-OH is 11. The van der Waals surface area contributed by atoms with Gasteiger partial charge in [-0.25, -0.2) is 0 Å². The van der Waals surface area contributed by atoms with Gasteiger partial charge in [0.15, 0.2) is 5.72 Å². The van der Waals surface area contributed by atoms with E-state index in [1.54, 1.807) is 136 Å². The van der Waals surface area contributed by atoms with E-state index in [-0.39, 0.29) is 61.5 Å². The predicted molar refractivity (Wildman–Crippen MR) is 286 cm³/mol. The fourth-order valence-corrected chi connectivity index (χ4v) is 16.2. The summed E-state index contributed by atoms with van der Waals surface area (Å²) in [5.41, 5.74) is -3.48. The third kappa shape index (κ3) is 14.0. The molecule has 0 aliphatic heterocycles. The van der Waals surface area contributed by atoms with E-state index >= 15 is 0 Å². The normalized spacial score (nSPS) is 15.5. The number of anilines is 2. The standard InChI is InChI=1S/C37H48I6N6O18/c1-48(32-28(40)22(34(64)45-13(5-50)16(58)8-53)26(38)23(29(32)41)35(65)46-14(6-51)17(59)9-54)20(62)4-21(63)49(2)33-30(42)24(36(66)47-15(7-52)18(60)10-55)27(39)25(31(33)43)37(67-3,44-12-57)19(61)11-56/h12-19,50-56,58-61H,4-11H2,1-3H3,(H,44,57)(H,45,64)(H,46,65)(H,47,66). The number of methoxy groups -OCH3 is 1. The molecule has 0 aliphatic carbocycles. The van der Waals surface area contributed by atoms with Crippen molar-refractivity contribution in [1.82, 2.24) is 21.3 Å². The van der Waals surface area contributed by atoms with Gasteiger partial charge >= 0.3 is 0 Å². The summed E-state index contributed by atoms with van der Waals surface area (Å²) in [7, 11) is 3.52. The Morgan fingerprint density at radius 1 is 0.552 bits per heavy atom. The number of nitrogens with one attached hydrogen (secondary N) is 4. The molecule has 0 saturated carbocycles. The summed E-state index contributed by atoms with van der Waals surface area (Å²) in [5, 5.41) is 120. The van der Waals surface area contributed by atoms with Crippen molar-refractivity contribution in [1.29, 1.82) is 0 Å². The Balaban J connectivity index is 2.94. The summed E-state index contributed by atoms with van der Waals surface area (Å²) in [6.45, 7) is -6.08. The van der Waals surface area contributed by atoms with Crippen molar-refractivity contribution in [2.45, 2.75) is 54.7 Å². The second kappa shape index (κ2) is 28.4. The summed E-state index contributed by atoms with van der Waals surface area (Å²) >= 11 is 10.3. The minimum atomic E-state index is -2.30. The number of carbonyl (C=O) groups excluding carboxylic acids is 6. The molecule has 0 bridgehead atoms. The average Bonchev–Trinajstić information content (AvgIpc) is 3.29. The second-order valence-electron chi connectivity index (χ2n) is 14.1. The van der Waals surface area contributed by atoms with E-state index in [0.29, 0.717) is 0 Å². The van der Waals surface area contributed by atoms with Crippen LogP contribution in [0, 0.1) is 21.4 Å². The summed E-state index contributed by atoms with van der Waals surface area (Å²) in [6.07, 6.45) is -7.61. The number of amides is 6. The number of ether oxygens (including phenoxy) is 1. The van der Waals surface area contributed by atoms with Crippen LogP contribution in [0.25, 0.3) is 0 Å². The van der Waals surface area contributed by atoms with Crippen molar-refractivity contribution in [3.8, 4) is 0 Å². The lowest BCUT2D eigenvalue weighted by Crippen LogP contribution is -2.55. The minimum absolute atomic E-state index is 0.0111. The van der Waals surface area contributed by atoms with Crippen LogP contribution in [0.5, 0.6) is 0 Å². The molecule has 0 radical (unpaired) electrons. The van der Waals surface area contributed by atoms with Crippen LogP contribution in [-0.2, 0) is 24.8 Å². The van der Waals surface area contributed by atoms with Gasteiger partial charge in [0.1, 0.15) is 12.5 Å². The van der Waals surface area contributed by atoms with Crippen molar-refractivity contribution in [3.05, 3.63) is 43.7 Å². The quantitative estimate of drug-likeness (QED) is 0.0199. The van der Waals surface area contributed by atoms with E-state index in [0.717, 1.165) is 16.9 Å². The molecule has 0 spiro atoms. The fraction of sp³-hybridized carbons (Fsp3) is 0.514. The maximum absolute atomic E-state index is 14.3. The van der Waals surface area contributed by atoms with Gasteiger partial charge in [0.05, 0.1) is 121 Å². The maximum Gasteiger partial charge on any atom is 0.253 e. The Hall–Kier alpha value is -0.840. The lowest BCUT2D eigenvalue weighted by Gasteiger charge is -2.39. The van der Waals surface area contributed by atoms with E-state index in [1.807, 2.05) is 0 Å². The highest BCUT2D eigenvalue weighted by molar-refractivity contribution is 14.1.